The molecule has 0 aliphatic carbocycles. The van der Waals surface area contributed by atoms with Crippen molar-refractivity contribution in [2.45, 2.75) is 38.5 Å². The monoisotopic (exact) mass is 313 g/mol. The van der Waals surface area contributed by atoms with Crippen LogP contribution in [0, 0.1) is 6.92 Å². The Bertz CT molecular complexity index is 612. The van der Waals surface area contributed by atoms with Crippen LogP contribution in [0.4, 0.5) is 5.69 Å². The van der Waals surface area contributed by atoms with Crippen LogP contribution < -0.4 is 5.32 Å². The zero-order valence-corrected chi connectivity index (χ0v) is 14.3. The van der Waals surface area contributed by atoms with Crippen LogP contribution >= 0.6 is 11.8 Å². The third-order valence-corrected chi connectivity index (χ3v) is 4.67. The second kappa shape index (κ2) is 8.04. The van der Waals surface area contributed by atoms with E-state index >= 15 is 0 Å². The Kier molecular flexibility index (Phi) is 6.08. The minimum Gasteiger partial charge on any atom is -0.325 e. The number of anilines is 1. The van der Waals surface area contributed by atoms with Crippen molar-refractivity contribution in [3.8, 4) is 0 Å². The molecule has 0 aromatic heterocycles. The zero-order valence-electron chi connectivity index (χ0n) is 13.5. The van der Waals surface area contributed by atoms with Gasteiger partial charge in [-0.15, -0.1) is 11.8 Å². The largest absolute Gasteiger partial charge is 0.325 e. The molecule has 0 saturated heterocycles. The summed E-state index contributed by atoms with van der Waals surface area (Å²) in [6.07, 6.45) is 1.85. The quantitative estimate of drug-likeness (QED) is 0.772. The van der Waals surface area contributed by atoms with Crippen molar-refractivity contribution in [3.63, 3.8) is 0 Å². The second-order valence-corrected chi connectivity index (χ2v) is 6.36. The van der Waals surface area contributed by atoms with E-state index in [9.17, 15) is 4.79 Å². The standard InChI is InChI=1S/C19H23NOS/c1-4-15-7-6-8-16(5-2)19(15)20-18(21)13-22-17-11-9-14(3)10-12-17/h6-12H,4-5,13H2,1-3H3,(H,20,21). The first kappa shape index (κ1) is 16.6. The minimum absolute atomic E-state index is 0.0566. The summed E-state index contributed by atoms with van der Waals surface area (Å²) < 4.78 is 0. The molecule has 0 aliphatic rings. The van der Waals surface area contributed by atoms with E-state index in [0.29, 0.717) is 5.75 Å². The highest BCUT2D eigenvalue weighted by Gasteiger charge is 2.10. The second-order valence-electron chi connectivity index (χ2n) is 5.31. The topological polar surface area (TPSA) is 29.1 Å². The van der Waals surface area contributed by atoms with Crippen LogP contribution in [-0.4, -0.2) is 11.7 Å². The third-order valence-electron chi connectivity index (χ3n) is 3.65. The van der Waals surface area contributed by atoms with Crippen molar-refractivity contribution in [2.75, 3.05) is 11.1 Å². The number of amides is 1. The SMILES string of the molecule is CCc1cccc(CC)c1NC(=O)CSc1ccc(C)cc1. The summed E-state index contributed by atoms with van der Waals surface area (Å²) in [5.41, 5.74) is 4.64. The fourth-order valence-corrected chi connectivity index (χ4v) is 3.06. The van der Waals surface area contributed by atoms with E-state index in [1.807, 2.05) is 0 Å². The number of hydrogen-bond acceptors (Lipinski definition) is 2. The number of benzene rings is 2. The van der Waals surface area contributed by atoms with E-state index in [-0.39, 0.29) is 5.91 Å². The molecule has 1 amide bonds. The van der Waals surface area contributed by atoms with Gasteiger partial charge in [-0.3, -0.25) is 4.79 Å². The van der Waals surface area contributed by atoms with Crippen molar-refractivity contribution in [2.24, 2.45) is 0 Å². The molecule has 0 atom stereocenters. The number of thioether (sulfide) groups is 1. The van der Waals surface area contributed by atoms with Gasteiger partial charge < -0.3 is 5.32 Å². The maximum absolute atomic E-state index is 12.3. The van der Waals surface area contributed by atoms with E-state index in [1.54, 1.807) is 11.8 Å². The molecule has 3 heteroatoms. The van der Waals surface area contributed by atoms with Gasteiger partial charge in [0, 0.05) is 10.6 Å². The number of nitrogens with one attached hydrogen (secondary N) is 1. The van der Waals surface area contributed by atoms with Crippen LogP contribution in [0.1, 0.15) is 30.5 Å². The lowest BCUT2D eigenvalue weighted by Gasteiger charge is -2.14. The first-order valence-electron chi connectivity index (χ1n) is 7.74. The van der Waals surface area contributed by atoms with Gasteiger partial charge in [0.25, 0.3) is 0 Å². The van der Waals surface area contributed by atoms with Crippen molar-refractivity contribution in [1.82, 2.24) is 0 Å². The molecule has 0 bridgehead atoms. The number of aryl methyl sites for hydroxylation is 3. The molecule has 0 spiro atoms. The summed E-state index contributed by atoms with van der Waals surface area (Å²) in [6.45, 7) is 6.30. The predicted molar refractivity (Wildman–Crippen MR) is 95.7 cm³/mol. The van der Waals surface area contributed by atoms with Crippen molar-refractivity contribution >= 4 is 23.4 Å². The number of hydrogen-bond donors (Lipinski definition) is 1. The Balaban J connectivity index is 2.01. The molecule has 116 valence electrons. The predicted octanol–water partition coefficient (Wildman–Crippen LogP) is 4.85. The maximum Gasteiger partial charge on any atom is 0.234 e. The van der Waals surface area contributed by atoms with Gasteiger partial charge in [-0.05, 0) is 43.0 Å². The van der Waals surface area contributed by atoms with Crippen LogP contribution in [0.2, 0.25) is 0 Å². The fraction of sp³-hybridized carbons (Fsp3) is 0.316. The van der Waals surface area contributed by atoms with Crippen molar-refractivity contribution < 1.29 is 4.79 Å². The lowest BCUT2D eigenvalue weighted by Crippen LogP contribution is -2.16. The Morgan fingerprint density at radius 3 is 2.14 bits per heavy atom. The van der Waals surface area contributed by atoms with Gasteiger partial charge in [0.1, 0.15) is 0 Å². The molecule has 0 fully saturated rings. The average molecular weight is 313 g/mol. The molecule has 0 radical (unpaired) electrons. The molecule has 0 unspecified atom stereocenters. The highest BCUT2D eigenvalue weighted by molar-refractivity contribution is 8.00. The smallest absolute Gasteiger partial charge is 0.234 e. The van der Waals surface area contributed by atoms with Crippen molar-refractivity contribution in [1.29, 1.82) is 0 Å². The molecule has 0 aliphatic heterocycles. The van der Waals surface area contributed by atoms with E-state index in [4.69, 9.17) is 0 Å². The minimum atomic E-state index is 0.0566. The van der Waals surface area contributed by atoms with Gasteiger partial charge in [-0.2, -0.15) is 0 Å². The Labute approximate surface area is 137 Å². The van der Waals surface area contributed by atoms with Crippen LogP contribution in [-0.2, 0) is 17.6 Å². The van der Waals surface area contributed by atoms with E-state index in [1.165, 1.54) is 16.7 Å². The Morgan fingerprint density at radius 2 is 1.59 bits per heavy atom. The van der Waals surface area contributed by atoms with Crippen LogP contribution in [0.5, 0.6) is 0 Å². The molecule has 1 N–H and O–H groups in total. The molecule has 0 saturated carbocycles. The first-order valence-corrected chi connectivity index (χ1v) is 8.72. The van der Waals surface area contributed by atoms with E-state index < -0.39 is 0 Å². The van der Waals surface area contributed by atoms with Crippen LogP contribution in [0.15, 0.2) is 47.4 Å². The number of carbonyl (C=O) groups excluding carboxylic acids is 1. The summed E-state index contributed by atoms with van der Waals surface area (Å²) in [7, 11) is 0. The summed E-state index contributed by atoms with van der Waals surface area (Å²) >= 11 is 1.57. The normalized spacial score (nSPS) is 10.5. The molecule has 2 aromatic rings. The van der Waals surface area contributed by atoms with Crippen LogP contribution in [0.3, 0.4) is 0 Å². The van der Waals surface area contributed by atoms with Gasteiger partial charge in [-0.25, -0.2) is 0 Å². The average Bonchev–Trinajstić information content (AvgIpc) is 2.54. The van der Waals surface area contributed by atoms with Gasteiger partial charge in [0.2, 0.25) is 5.91 Å². The summed E-state index contributed by atoms with van der Waals surface area (Å²) in [4.78, 5) is 13.4. The van der Waals surface area contributed by atoms with E-state index in [2.05, 4.69) is 68.6 Å². The van der Waals surface area contributed by atoms with Gasteiger partial charge in [-0.1, -0.05) is 49.7 Å². The molecule has 2 rings (SSSR count). The van der Waals surface area contributed by atoms with Crippen LogP contribution in [0.25, 0.3) is 0 Å². The number of para-hydroxylation sites is 1. The van der Waals surface area contributed by atoms with Crippen molar-refractivity contribution in [3.05, 3.63) is 59.2 Å². The zero-order chi connectivity index (χ0) is 15.9. The third kappa shape index (κ3) is 4.38. The molecule has 2 nitrogen and oxygen atoms in total. The number of rotatable bonds is 6. The molecular weight excluding hydrogens is 290 g/mol. The lowest BCUT2D eigenvalue weighted by molar-refractivity contribution is -0.113. The molecule has 22 heavy (non-hydrogen) atoms. The Morgan fingerprint density at radius 1 is 1.00 bits per heavy atom. The molecule has 0 heterocycles. The number of carbonyl (C=O) groups is 1. The Hall–Kier alpha value is -1.74. The van der Waals surface area contributed by atoms with Gasteiger partial charge >= 0.3 is 0 Å². The van der Waals surface area contributed by atoms with E-state index in [0.717, 1.165) is 23.4 Å². The summed E-state index contributed by atoms with van der Waals surface area (Å²) in [6, 6.07) is 14.5. The lowest BCUT2D eigenvalue weighted by atomic mass is 10.0. The first-order chi connectivity index (χ1) is 10.6. The summed E-state index contributed by atoms with van der Waals surface area (Å²) in [5.74, 6) is 0.491. The highest BCUT2D eigenvalue weighted by Crippen LogP contribution is 2.24. The van der Waals surface area contributed by atoms with Gasteiger partial charge in [0.15, 0.2) is 0 Å². The molecular formula is C19H23NOS. The summed E-state index contributed by atoms with van der Waals surface area (Å²) in [5, 5.41) is 3.10. The van der Waals surface area contributed by atoms with Gasteiger partial charge in [0.05, 0.1) is 5.75 Å². The highest BCUT2D eigenvalue weighted by atomic mass is 32.2. The molecule has 2 aromatic carbocycles. The maximum atomic E-state index is 12.3. The fourth-order valence-electron chi connectivity index (χ4n) is 2.36.